The van der Waals surface area contributed by atoms with Crippen molar-refractivity contribution in [2.24, 2.45) is 0 Å². The minimum absolute atomic E-state index is 0.310. The van der Waals surface area contributed by atoms with Gasteiger partial charge in [0.2, 0.25) is 0 Å². The van der Waals surface area contributed by atoms with Crippen LogP contribution in [-0.2, 0) is 0 Å². The Bertz CT molecular complexity index is 882. The number of hydrogen-bond acceptors (Lipinski definition) is 4. The largest absolute Gasteiger partial charge is 0.497 e. The highest BCUT2D eigenvalue weighted by atomic mass is 19.1. The van der Waals surface area contributed by atoms with Gasteiger partial charge in [-0.15, -0.1) is 0 Å². The third-order valence-electron chi connectivity index (χ3n) is 3.50. The summed E-state index contributed by atoms with van der Waals surface area (Å²) in [6.07, 6.45) is 2.97. The molecule has 25 heavy (non-hydrogen) atoms. The van der Waals surface area contributed by atoms with Gasteiger partial charge in [-0.3, -0.25) is 9.78 Å². The summed E-state index contributed by atoms with van der Waals surface area (Å²) in [6, 6.07) is 14.9. The summed E-state index contributed by atoms with van der Waals surface area (Å²) < 4.78 is 18.8. The molecule has 0 spiro atoms. The number of methoxy groups -OCH3 is 1. The van der Waals surface area contributed by atoms with E-state index < -0.39 is 0 Å². The van der Waals surface area contributed by atoms with Gasteiger partial charge in [-0.1, -0.05) is 12.1 Å². The van der Waals surface area contributed by atoms with E-state index in [-0.39, 0.29) is 11.7 Å². The summed E-state index contributed by atoms with van der Waals surface area (Å²) in [5, 5.41) is 5.69. The van der Waals surface area contributed by atoms with Gasteiger partial charge >= 0.3 is 0 Å². The van der Waals surface area contributed by atoms with Crippen molar-refractivity contribution in [3.8, 4) is 5.75 Å². The fourth-order valence-electron chi connectivity index (χ4n) is 2.23. The van der Waals surface area contributed by atoms with E-state index in [1.54, 1.807) is 55.6 Å². The van der Waals surface area contributed by atoms with Crippen LogP contribution in [0.2, 0.25) is 0 Å². The van der Waals surface area contributed by atoms with E-state index in [9.17, 15) is 9.18 Å². The molecule has 0 aliphatic heterocycles. The van der Waals surface area contributed by atoms with E-state index in [1.807, 2.05) is 0 Å². The second-order valence-corrected chi connectivity index (χ2v) is 5.25. The monoisotopic (exact) mass is 337 g/mol. The predicted octanol–water partition coefficient (Wildman–Crippen LogP) is 4.23. The molecule has 3 rings (SSSR count). The average molecular weight is 337 g/mol. The summed E-state index contributed by atoms with van der Waals surface area (Å²) in [7, 11) is 1.58. The highest BCUT2D eigenvalue weighted by Crippen LogP contribution is 2.20. The first-order chi connectivity index (χ1) is 12.2. The van der Waals surface area contributed by atoms with Crippen molar-refractivity contribution < 1.29 is 13.9 Å². The number of carbonyl (C=O) groups is 1. The number of nitrogens with zero attached hydrogens (tertiary/aromatic N) is 1. The lowest BCUT2D eigenvalue weighted by atomic mass is 10.2. The zero-order valence-electron chi connectivity index (χ0n) is 13.5. The lowest BCUT2D eigenvalue weighted by Crippen LogP contribution is -2.12. The lowest BCUT2D eigenvalue weighted by molar-refractivity contribution is 0.102. The predicted molar refractivity (Wildman–Crippen MR) is 94.9 cm³/mol. The lowest BCUT2D eigenvalue weighted by Gasteiger charge is -2.09. The molecule has 1 heterocycles. The number of benzene rings is 2. The van der Waals surface area contributed by atoms with Gasteiger partial charge < -0.3 is 15.4 Å². The molecule has 0 radical (unpaired) electrons. The van der Waals surface area contributed by atoms with Crippen LogP contribution in [0.15, 0.2) is 67.0 Å². The molecule has 0 atom stereocenters. The Balaban J connectivity index is 1.74. The smallest absolute Gasteiger partial charge is 0.257 e. The van der Waals surface area contributed by atoms with Crippen molar-refractivity contribution in [3.05, 3.63) is 78.4 Å². The first-order valence-electron chi connectivity index (χ1n) is 7.58. The zero-order chi connectivity index (χ0) is 17.6. The van der Waals surface area contributed by atoms with Gasteiger partial charge in [0, 0.05) is 11.9 Å². The summed E-state index contributed by atoms with van der Waals surface area (Å²) in [5.74, 6) is 0.0150. The molecule has 6 heteroatoms. The zero-order valence-corrected chi connectivity index (χ0v) is 13.5. The molecule has 0 fully saturated rings. The second kappa shape index (κ2) is 7.44. The fraction of sp³-hybridized carbons (Fsp3) is 0.0526. The molecule has 0 aliphatic carbocycles. The van der Waals surface area contributed by atoms with Crippen LogP contribution in [0.4, 0.5) is 21.5 Å². The molecule has 3 aromatic rings. The van der Waals surface area contributed by atoms with E-state index in [0.717, 1.165) is 0 Å². The van der Waals surface area contributed by atoms with E-state index >= 15 is 0 Å². The van der Waals surface area contributed by atoms with Crippen molar-refractivity contribution in [3.63, 3.8) is 0 Å². The molecule has 0 saturated heterocycles. The number of aromatic nitrogens is 1. The summed E-state index contributed by atoms with van der Waals surface area (Å²) >= 11 is 0. The SMILES string of the molecule is COc1ccc(NC(=O)c2cncc(Nc3ccccc3F)c2)cc1. The van der Waals surface area contributed by atoms with Crippen molar-refractivity contribution in [1.82, 2.24) is 4.98 Å². The summed E-state index contributed by atoms with van der Waals surface area (Å²) in [4.78, 5) is 16.4. The van der Waals surface area contributed by atoms with Crippen LogP contribution in [0.25, 0.3) is 0 Å². The van der Waals surface area contributed by atoms with Gasteiger partial charge in [-0.25, -0.2) is 4.39 Å². The van der Waals surface area contributed by atoms with Crippen LogP contribution in [-0.4, -0.2) is 18.0 Å². The van der Waals surface area contributed by atoms with E-state index in [1.165, 1.54) is 18.5 Å². The van der Waals surface area contributed by atoms with Gasteiger partial charge in [0.15, 0.2) is 0 Å². The van der Waals surface area contributed by atoms with Crippen molar-refractivity contribution in [2.75, 3.05) is 17.7 Å². The molecule has 126 valence electrons. The molecule has 5 nitrogen and oxygen atoms in total. The molecule has 1 amide bonds. The van der Waals surface area contributed by atoms with Crippen molar-refractivity contribution >= 4 is 23.0 Å². The highest BCUT2D eigenvalue weighted by molar-refractivity contribution is 6.04. The fourth-order valence-corrected chi connectivity index (χ4v) is 2.23. The summed E-state index contributed by atoms with van der Waals surface area (Å²) in [6.45, 7) is 0. The topological polar surface area (TPSA) is 63.2 Å². The Morgan fingerprint density at radius 1 is 1.04 bits per heavy atom. The maximum absolute atomic E-state index is 13.7. The van der Waals surface area contributed by atoms with Gasteiger partial charge in [0.25, 0.3) is 5.91 Å². The normalized spacial score (nSPS) is 10.2. The number of pyridine rings is 1. The van der Waals surface area contributed by atoms with Crippen LogP contribution < -0.4 is 15.4 Å². The van der Waals surface area contributed by atoms with Crippen molar-refractivity contribution in [1.29, 1.82) is 0 Å². The molecule has 0 bridgehead atoms. The first-order valence-corrected chi connectivity index (χ1v) is 7.58. The number of para-hydroxylation sites is 1. The van der Waals surface area contributed by atoms with Crippen LogP contribution >= 0.6 is 0 Å². The number of rotatable bonds is 5. The van der Waals surface area contributed by atoms with Gasteiger partial charge in [0.1, 0.15) is 11.6 Å². The molecular formula is C19H16FN3O2. The molecule has 1 aromatic heterocycles. The molecule has 0 aliphatic rings. The van der Waals surface area contributed by atoms with Crippen LogP contribution in [0.5, 0.6) is 5.75 Å². The Morgan fingerprint density at radius 2 is 1.80 bits per heavy atom. The number of carbonyl (C=O) groups excluding carboxylic acids is 1. The number of anilines is 3. The molecule has 0 saturated carbocycles. The first kappa shape index (κ1) is 16.4. The van der Waals surface area contributed by atoms with Gasteiger partial charge in [0.05, 0.1) is 30.2 Å². The van der Waals surface area contributed by atoms with Gasteiger partial charge in [-0.05, 0) is 42.5 Å². The van der Waals surface area contributed by atoms with Crippen LogP contribution in [0.1, 0.15) is 10.4 Å². The number of nitrogens with one attached hydrogen (secondary N) is 2. The minimum atomic E-state index is -0.379. The van der Waals surface area contributed by atoms with Crippen molar-refractivity contribution in [2.45, 2.75) is 0 Å². The molecular weight excluding hydrogens is 321 g/mol. The highest BCUT2D eigenvalue weighted by Gasteiger charge is 2.09. The number of amides is 1. The Kier molecular flexibility index (Phi) is 4.89. The van der Waals surface area contributed by atoms with E-state index in [0.29, 0.717) is 28.4 Å². The Labute approximate surface area is 144 Å². The molecule has 2 aromatic carbocycles. The quantitative estimate of drug-likeness (QED) is 0.731. The second-order valence-electron chi connectivity index (χ2n) is 5.25. The van der Waals surface area contributed by atoms with Gasteiger partial charge in [-0.2, -0.15) is 0 Å². The third kappa shape index (κ3) is 4.11. The van der Waals surface area contributed by atoms with Crippen LogP contribution in [0, 0.1) is 5.82 Å². The van der Waals surface area contributed by atoms with Crippen LogP contribution in [0.3, 0.4) is 0 Å². The third-order valence-corrected chi connectivity index (χ3v) is 3.50. The average Bonchev–Trinajstić information content (AvgIpc) is 2.64. The Morgan fingerprint density at radius 3 is 2.52 bits per heavy atom. The maximum atomic E-state index is 13.7. The minimum Gasteiger partial charge on any atom is -0.497 e. The summed E-state index contributed by atoms with van der Waals surface area (Å²) in [5.41, 5.74) is 1.83. The standard InChI is InChI=1S/C19H16FN3O2/c1-25-16-8-6-14(7-9-16)23-19(24)13-10-15(12-21-11-13)22-18-5-3-2-4-17(18)20/h2-12,22H,1H3,(H,23,24). The Hall–Kier alpha value is -3.41. The number of halogens is 1. The number of hydrogen-bond donors (Lipinski definition) is 2. The number of ether oxygens (including phenoxy) is 1. The van der Waals surface area contributed by atoms with E-state index in [2.05, 4.69) is 15.6 Å². The maximum Gasteiger partial charge on any atom is 0.257 e. The van der Waals surface area contributed by atoms with E-state index in [4.69, 9.17) is 4.74 Å². The molecule has 2 N–H and O–H groups in total. The molecule has 0 unspecified atom stereocenters.